The second-order valence-corrected chi connectivity index (χ2v) is 12.6. The number of nitrogens with zero attached hydrogens (tertiary/aromatic N) is 1. The lowest BCUT2D eigenvalue weighted by Gasteiger charge is -2.19. The Hall–Kier alpha value is -2.00. The Morgan fingerprint density at radius 2 is 1.85 bits per heavy atom. The lowest BCUT2D eigenvalue weighted by Crippen LogP contribution is -2.33. The van der Waals surface area contributed by atoms with Crippen LogP contribution in [0.1, 0.15) is 43.9 Å². The minimum Gasteiger partial charge on any atom is -0.390 e. The first-order valence-electron chi connectivity index (χ1n) is 11.4. The third kappa shape index (κ3) is 11.9. The van der Waals surface area contributed by atoms with E-state index in [1.54, 1.807) is 0 Å². The first kappa shape index (κ1) is 34.2. The maximum absolute atomic E-state index is 12.3. The fourth-order valence-electron chi connectivity index (χ4n) is 3.27. The lowest BCUT2D eigenvalue weighted by atomic mass is 10.2. The highest BCUT2D eigenvalue weighted by Crippen LogP contribution is 2.66. The molecule has 1 amide bonds. The number of nitrogens with two attached hydrogens (primary N) is 1. The average molecular weight is 634 g/mol. The molecule has 1 aromatic heterocycles. The summed E-state index contributed by atoms with van der Waals surface area (Å²) in [7, 11) is -16.8. The number of aromatic nitrogens is 2. The third-order valence-corrected chi connectivity index (χ3v) is 8.81. The number of nitrogens with one attached hydrogen (secondary N) is 2. The van der Waals surface area contributed by atoms with Gasteiger partial charge in [-0.3, -0.25) is 23.7 Å². The van der Waals surface area contributed by atoms with Crippen LogP contribution in [0.2, 0.25) is 0 Å². The Balaban J connectivity index is 2.00. The molecule has 1 aromatic rings. The Kier molecular flexibility index (Phi) is 12.6. The molecule has 0 radical (unpaired) electrons. The van der Waals surface area contributed by atoms with Gasteiger partial charge in [0.1, 0.15) is 17.9 Å². The van der Waals surface area contributed by atoms with Crippen molar-refractivity contribution in [3.63, 3.8) is 0 Å². The van der Waals surface area contributed by atoms with Gasteiger partial charge in [0.05, 0.1) is 19.3 Å². The molecule has 22 heteroatoms. The van der Waals surface area contributed by atoms with Crippen LogP contribution in [0.5, 0.6) is 0 Å². The summed E-state index contributed by atoms with van der Waals surface area (Å²) in [4.78, 5) is 74.1. The van der Waals surface area contributed by atoms with Crippen LogP contribution in [-0.4, -0.2) is 72.0 Å². The first-order chi connectivity index (χ1) is 18.5. The van der Waals surface area contributed by atoms with Gasteiger partial charge < -0.3 is 40.5 Å². The quantitative estimate of drug-likeness (QED) is 0.0657. The Morgan fingerprint density at radius 1 is 1.15 bits per heavy atom. The standard InChI is InChI=1S/C18H29N4O15P3/c19-7-3-1-2-6-15(24)20-8-4-5-12-10-22(18(26)21-17(12)25)16-9-13(23)14(35-16)11-34-39(30,31)37-40(32,33)36-38(27,28)29/h10,13-14,16,23H,1-3,6-9,11,19H2,(H,20,24)(H,30,31)(H,32,33)(H,21,25,26)(H2,27,28,29)/t13-,14+,16+/m0/s1. The molecule has 2 unspecified atom stereocenters. The van der Waals surface area contributed by atoms with Crippen LogP contribution in [0.4, 0.5) is 0 Å². The second-order valence-electron chi connectivity index (χ2n) is 8.21. The smallest absolute Gasteiger partial charge is 0.390 e. The molecule has 0 aromatic carbocycles. The van der Waals surface area contributed by atoms with Crippen molar-refractivity contribution < 1.29 is 61.1 Å². The van der Waals surface area contributed by atoms with E-state index in [9.17, 15) is 43.0 Å². The molecular formula is C18H29N4O15P3. The predicted octanol–water partition coefficient (Wildman–Crippen LogP) is -1.48. The van der Waals surface area contributed by atoms with Gasteiger partial charge in [0.25, 0.3) is 5.56 Å². The number of aliphatic hydroxyl groups excluding tert-OH is 1. The number of aromatic amines is 1. The maximum Gasteiger partial charge on any atom is 0.490 e. The van der Waals surface area contributed by atoms with Gasteiger partial charge in [-0.15, -0.1) is 0 Å². The van der Waals surface area contributed by atoms with E-state index in [0.717, 1.165) is 23.6 Å². The van der Waals surface area contributed by atoms with Crippen molar-refractivity contribution in [2.75, 3.05) is 19.7 Å². The van der Waals surface area contributed by atoms with Crippen LogP contribution in [0, 0.1) is 11.8 Å². The maximum atomic E-state index is 12.3. The molecule has 0 bridgehead atoms. The van der Waals surface area contributed by atoms with E-state index in [1.807, 2.05) is 4.98 Å². The van der Waals surface area contributed by atoms with E-state index in [4.69, 9.17) is 20.3 Å². The number of carbonyl (C=O) groups is 1. The summed E-state index contributed by atoms with van der Waals surface area (Å²) in [6.07, 6.45) is -0.690. The number of amides is 1. The Labute approximate surface area is 226 Å². The second kappa shape index (κ2) is 14.8. The van der Waals surface area contributed by atoms with Crippen LogP contribution in [-0.2, 0) is 36.4 Å². The number of rotatable bonds is 14. The van der Waals surface area contributed by atoms with Crippen LogP contribution >= 0.6 is 23.5 Å². The number of unbranched alkanes of at least 4 members (excludes halogenated alkanes) is 2. The first-order valence-corrected chi connectivity index (χ1v) is 16.0. The SMILES string of the molecule is NCCCCCC(=O)NCC#Cc1cn([C@H]2C[C@H](O)[C@@H](COP(=O)(O)OP(=O)(O)OP(=O)(O)O)O2)c(=O)[nH]c1=O. The van der Waals surface area contributed by atoms with Crippen LogP contribution in [0.25, 0.3) is 0 Å². The monoisotopic (exact) mass is 634 g/mol. The van der Waals surface area contributed by atoms with Crippen LogP contribution in [0.3, 0.4) is 0 Å². The summed E-state index contributed by atoms with van der Waals surface area (Å²) < 4.78 is 51.9. The molecule has 1 fully saturated rings. The minimum atomic E-state index is -5.74. The van der Waals surface area contributed by atoms with Gasteiger partial charge in [-0.05, 0) is 19.4 Å². The van der Waals surface area contributed by atoms with Crippen molar-refractivity contribution in [2.24, 2.45) is 5.73 Å². The zero-order chi connectivity index (χ0) is 30.1. The molecule has 2 heterocycles. The van der Waals surface area contributed by atoms with E-state index >= 15 is 0 Å². The summed E-state index contributed by atoms with van der Waals surface area (Å²) in [5, 5.41) is 12.8. The molecule has 0 spiro atoms. The average Bonchev–Trinajstić information content (AvgIpc) is 3.17. The molecule has 226 valence electrons. The number of phosphoric acid groups is 3. The van der Waals surface area contributed by atoms with Gasteiger partial charge in [-0.2, -0.15) is 8.62 Å². The molecule has 9 N–H and O–H groups in total. The highest BCUT2D eigenvalue weighted by Gasteiger charge is 2.43. The molecule has 2 rings (SSSR count). The van der Waals surface area contributed by atoms with Crippen molar-refractivity contribution in [1.82, 2.24) is 14.9 Å². The van der Waals surface area contributed by atoms with Crippen molar-refractivity contribution in [3.05, 3.63) is 32.6 Å². The molecule has 1 saturated heterocycles. The van der Waals surface area contributed by atoms with E-state index in [2.05, 4.69) is 30.3 Å². The van der Waals surface area contributed by atoms with Gasteiger partial charge in [0.15, 0.2) is 0 Å². The fourth-order valence-corrected chi connectivity index (χ4v) is 6.30. The molecule has 40 heavy (non-hydrogen) atoms. The predicted molar refractivity (Wildman–Crippen MR) is 133 cm³/mol. The molecular weight excluding hydrogens is 605 g/mol. The number of hydrogen-bond acceptors (Lipinski definition) is 12. The van der Waals surface area contributed by atoms with E-state index in [1.165, 1.54) is 0 Å². The Morgan fingerprint density at radius 3 is 2.50 bits per heavy atom. The Bertz CT molecular complexity index is 1360. The number of aliphatic hydroxyl groups is 1. The van der Waals surface area contributed by atoms with Gasteiger partial charge >= 0.3 is 29.2 Å². The molecule has 1 aliphatic rings. The number of hydrogen-bond donors (Lipinski definition) is 8. The molecule has 0 aliphatic carbocycles. The van der Waals surface area contributed by atoms with Crippen molar-refractivity contribution in [2.45, 2.75) is 50.5 Å². The number of ether oxygens (including phenoxy) is 1. The largest absolute Gasteiger partial charge is 0.490 e. The summed E-state index contributed by atoms with van der Waals surface area (Å²) in [6, 6.07) is 0. The van der Waals surface area contributed by atoms with Gasteiger partial charge in [-0.25, -0.2) is 18.5 Å². The molecule has 19 nitrogen and oxygen atoms in total. The zero-order valence-electron chi connectivity index (χ0n) is 20.7. The summed E-state index contributed by atoms with van der Waals surface area (Å²) >= 11 is 0. The van der Waals surface area contributed by atoms with E-state index in [-0.39, 0.29) is 30.9 Å². The van der Waals surface area contributed by atoms with Crippen LogP contribution < -0.4 is 22.3 Å². The zero-order valence-corrected chi connectivity index (χ0v) is 23.3. The van der Waals surface area contributed by atoms with E-state index < -0.39 is 59.8 Å². The van der Waals surface area contributed by atoms with E-state index in [0.29, 0.717) is 13.0 Å². The highest BCUT2D eigenvalue weighted by molar-refractivity contribution is 7.66. The van der Waals surface area contributed by atoms with Gasteiger partial charge in [-0.1, -0.05) is 18.3 Å². The normalized spacial score (nSPS) is 22.1. The number of phosphoric ester groups is 1. The topological polar surface area (TPSA) is 299 Å². The highest BCUT2D eigenvalue weighted by atomic mass is 31.3. The van der Waals surface area contributed by atoms with Crippen LogP contribution in [0.15, 0.2) is 15.8 Å². The van der Waals surface area contributed by atoms with Gasteiger partial charge in [0.2, 0.25) is 5.91 Å². The summed E-state index contributed by atoms with van der Waals surface area (Å²) in [5.74, 6) is 4.85. The third-order valence-electron chi connectivity index (χ3n) is 5.01. The number of H-pyrrole nitrogens is 1. The summed E-state index contributed by atoms with van der Waals surface area (Å²) in [5.41, 5.74) is 3.45. The molecule has 5 atom stereocenters. The van der Waals surface area contributed by atoms with Gasteiger partial charge in [0, 0.05) is 19.0 Å². The lowest BCUT2D eigenvalue weighted by molar-refractivity contribution is -0.120. The van der Waals surface area contributed by atoms with Crippen molar-refractivity contribution in [3.8, 4) is 11.8 Å². The van der Waals surface area contributed by atoms with Crippen molar-refractivity contribution >= 4 is 29.4 Å². The van der Waals surface area contributed by atoms with Crippen molar-refractivity contribution in [1.29, 1.82) is 0 Å². The summed E-state index contributed by atoms with van der Waals surface area (Å²) in [6.45, 7) is -0.481. The fraction of sp³-hybridized carbons (Fsp3) is 0.611. The molecule has 1 aliphatic heterocycles. The minimum absolute atomic E-state index is 0.0738. The number of carbonyl (C=O) groups excluding carboxylic acids is 1. The molecule has 0 saturated carbocycles.